The molecule has 2 aromatic carbocycles. The normalized spacial score (nSPS) is 37.9. The SMILES string of the molecule is CCC1OC(=O)[C@H](C)[C@@H](O[C@H]2C[C@@](C)(OC)[C@@H](OC)[C@H](C)O2)[C@H](C)[C@@H](O[C@@H]2O[C@H](C)C[C@H](N(C)C(=O)OCc3ccccc3)[C@H]2OC(=O)OCc2ccccc2)[C@](C)(OC)C[C@@H](C)CN(C)[C@H](C)[C@@H](OC)[C@@]1(C)O. The number of rotatable bonds is 15. The lowest BCUT2D eigenvalue weighted by atomic mass is 9.77. The summed E-state index contributed by atoms with van der Waals surface area (Å²) in [6.07, 6.45) is -9.37. The van der Waals surface area contributed by atoms with Crippen LogP contribution in [-0.2, 0) is 74.9 Å². The highest BCUT2D eigenvalue weighted by Gasteiger charge is 2.55. The summed E-state index contributed by atoms with van der Waals surface area (Å²) in [6.45, 7) is 19.3. The van der Waals surface area contributed by atoms with E-state index in [9.17, 15) is 19.5 Å². The number of amides is 1. The summed E-state index contributed by atoms with van der Waals surface area (Å²) in [7, 11) is 9.92. The van der Waals surface area contributed by atoms with Crippen LogP contribution in [0.2, 0.25) is 0 Å². The Morgan fingerprint density at radius 3 is 1.89 bits per heavy atom. The minimum Gasteiger partial charge on any atom is -0.459 e. The fraction of sp³-hybridized carbons (Fsp3) is 0.732. The summed E-state index contributed by atoms with van der Waals surface area (Å²) in [6, 6.07) is 17.3. The zero-order chi connectivity index (χ0) is 54.7. The minimum atomic E-state index is -1.62. The molecule has 18 heteroatoms. The maximum atomic E-state index is 14.9. The summed E-state index contributed by atoms with van der Waals surface area (Å²) >= 11 is 0. The molecule has 5 rings (SSSR count). The predicted molar refractivity (Wildman–Crippen MR) is 275 cm³/mol. The molecule has 1 unspecified atom stereocenters. The van der Waals surface area contributed by atoms with E-state index in [1.807, 2.05) is 116 Å². The number of nitrogens with zero attached hydrogens (tertiary/aromatic N) is 2. The van der Waals surface area contributed by atoms with Crippen molar-refractivity contribution < 1.29 is 76.3 Å². The highest BCUT2D eigenvalue weighted by atomic mass is 16.8. The van der Waals surface area contributed by atoms with E-state index in [0.29, 0.717) is 13.0 Å². The molecule has 0 spiro atoms. The van der Waals surface area contributed by atoms with Gasteiger partial charge in [0.1, 0.15) is 37.1 Å². The molecule has 3 fully saturated rings. The zero-order valence-corrected chi connectivity index (χ0v) is 46.8. The third-order valence-electron chi connectivity index (χ3n) is 15.8. The summed E-state index contributed by atoms with van der Waals surface area (Å²) < 4.78 is 76.4. The van der Waals surface area contributed by atoms with Crippen LogP contribution in [0, 0.1) is 17.8 Å². The van der Waals surface area contributed by atoms with Gasteiger partial charge in [0.2, 0.25) is 0 Å². The second-order valence-electron chi connectivity index (χ2n) is 21.6. The smallest absolute Gasteiger partial charge is 0.459 e. The standard InChI is InChI=1S/C56H88N2O16/c1-17-43-56(10,62)48(63-13)38(6)57(11)31-34(2)29-54(8,65-15)47(36(4)45(37(5)50(59)71-43)72-44-30-55(9,66-16)49(64-14)39(7)70-44)74-51-46(73-53(61)68-33-41-26-22-19-23-27-41)42(28-35(3)69-51)58(12)52(60)67-32-40-24-20-18-21-25-40/h18-27,34-39,42-49,51,62H,17,28-33H2,1-16H3/t34-,35-,36+,37-,38-,39+,42+,43?,44+,45+,46-,47-,48-,49+,51+,54-,55-,56+/m1/s1. The molecular formula is C56H88N2O16. The number of benzene rings is 2. The summed E-state index contributed by atoms with van der Waals surface area (Å²) in [4.78, 5) is 46.4. The van der Waals surface area contributed by atoms with Crippen LogP contribution < -0.4 is 0 Å². The zero-order valence-electron chi connectivity index (χ0n) is 46.8. The van der Waals surface area contributed by atoms with Gasteiger partial charge in [-0.25, -0.2) is 9.59 Å². The molecule has 0 radical (unpaired) electrons. The first-order valence-electron chi connectivity index (χ1n) is 26.2. The van der Waals surface area contributed by atoms with E-state index in [2.05, 4.69) is 11.8 Å². The molecule has 1 amide bonds. The van der Waals surface area contributed by atoms with Crippen LogP contribution in [0.4, 0.5) is 9.59 Å². The lowest BCUT2D eigenvalue weighted by Crippen LogP contribution is -2.62. The molecule has 0 saturated carbocycles. The van der Waals surface area contributed by atoms with Crippen molar-refractivity contribution in [3.63, 3.8) is 0 Å². The Bertz CT molecular complexity index is 2050. The van der Waals surface area contributed by atoms with Crippen LogP contribution in [0.1, 0.15) is 106 Å². The first-order chi connectivity index (χ1) is 35.0. The number of cyclic esters (lactones) is 1. The molecule has 74 heavy (non-hydrogen) atoms. The molecule has 18 nitrogen and oxygen atoms in total. The second-order valence-corrected chi connectivity index (χ2v) is 21.6. The monoisotopic (exact) mass is 1040 g/mol. The molecule has 2 aromatic rings. The molecule has 3 saturated heterocycles. The second kappa shape index (κ2) is 26.9. The van der Waals surface area contributed by atoms with Gasteiger partial charge in [-0.05, 0) is 91.8 Å². The van der Waals surface area contributed by atoms with Crippen molar-refractivity contribution in [3.8, 4) is 0 Å². The largest absolute Gasteiger partial charge is 0.509 e. The van der Waals surface area contributed by atoms with E-state index in [1.165, 1.54) is 4.90 Å². The Morgan fingerprint density at radius 2 is 1.34 bits per heavy atom. The van der Waals surface area contributed by atoms with Gasteiger partial charge in [-0.15, -0.1) is 0 Å². The van der Waals surface area contributed by atoms with Gasteiger partial charge in [-0.3, -0.25) is 4.79 Å². The highest BCUT2D eigenvalue weighted by Crippen LogP contribution is 2.42. The van der Waals surface area contributed by atoms with Gasteiger partial charge in [0.25, 0.3) is 0 Å². The molecule has 18 atom stereocenters. The van der Waals surface area contributed by atoms with Gasteiger partial charge in [0.05, 0.1) is 47.6 Å². The molecule has 0 aromatic heterocycles. The average molecular weight is 1050 g/mol. The van der Waals surface area contributed by atoms with Gasteiger partial charge >= 0.3 is 18.2 Å². The van der Waals surface area contributed by atoms with Gasteiger partial charge in [-0.1, -0.05) is 81.4 Å². The van der Waals surface area contributed by atoms with Gasteiger partial charge in [0.15, 0.2) is 18.7 Å². The topological polar surface area (TPSA) is 189 Å². The lowest BCUT2D eigenvalue weighted by molar-refractivity contribution is -0.320. The number of carbonyl (C=O) groups excluding carboxylic acids is 3. The number of hydrogen-bond donors (Lipinski definition) is 1. The number of likely N-dealkylation sites (N-methyl/N-ethyl adjacent to an activating group) is 2. The van der Waals surface area contributed by atoms with Gasteiger partial charge in [-0.2, -0.15) is 0 Å². The van der Waals surface area contributed by atoms with E-state index >= 15 is 0 Å². The van der Waals surface area contributed by atoms with Gasteiger partial charge < -0.3 is 71.7 Å². The number of esters is 1. The minimum absolute atomic E-state index is 0.00904. The van der Waals surface area contributed by atoms with Crippen LogP contribution >= 0.6 is 0 Å². The van der Waals surface area contributed by atoms with E-state index in [0.717, 1.165) is 11.1 Å². The first kappa shape index (κ1) is 60.9. The summed E-state index contributed by atoms with van der Waals surface area (Å²) in [5, 5.41) is 12.3. The molecule has 0 bridgehead atoms. The molecule has 0 aliphatic carbocycles. The Labute approximate surface area is 440 Å². The van der Waals surface area contributed by atoms with Crippen LogP contribution in [0.3, 0.4) is 0 Å². The van der Waals surface area contributed by atoms with Crippen molar-refractivity contribution in [3.05, 3.63) is 71.8 Å². The van der Waals surface area contributed by atoms with Crippen molar-refractivity contribution in [2.45, 2.75) is 198 Å². The van der Waals surface area contributed by atoms with E-state index in [-0.39, 0.29) is 44.4 Å². The molecule has 418 valence electrons. The van der Waals surface area contributed by atoms with Crippen molar-refractivity contribution in [2.24, 2.45) is 17.8 Å². The molecule has 1 N–H and O–H groups in total. The van der Waals surface area contributed by atoms with Crippen molar-refractivity contribution >= 4 is 18.2 Å². The third-order valence-corrected chi connectivity index (χ3v) is 15.8. The number of aliphatic hydroxyl groups is 1. The quantitative estimate of drug-likeness (QED) is 0.134. The Balaban J connectivity index is 1.64. The average Bonchev–Trinajstić information content (AvgIpc) is 3.37. The van der Waals surface area contributed by atoms with Crippen LogP contribution in [-0.4, -0.2) is 173 Å². The fourth-order valence-corrected chi connectivity index (χ4v) is 11.6. The molecule has 3 aliphatic rings. The fourth-order valence-electron chi connectivity index (χ4n) is 11.6. The maximum absolute atomic E-state index is 14.9. The molecular weight excluding hydrogens is 957 g/mol. The van der Waals surface area contributed by atoms with Crippen LogP contribution in [0.5, 0.6) is 0 Å². The summed E-state index contributed by atoms with van der Waals surface area (Å²) in [5.41, 5.74) is -2.12. The van der Waals surface area contributed by atoms with E-state index in [1.54, 1.807) is 49.3 Å². The lowest BCUT2D eigenvalue weighted by Gasteiger charge is -2.50. The van der Waals surface area contributed by atoms with Crippen LogP contribution in [0.25, 0.3) is 0 Å². The number of ether oxygens (including phenoxy) is 12. The number of methoxy groups -OCH3 is 4. The van der Waals surface area contributed by atoms with Crippen LogP contribution in [0.15, 0.2) is 60.7 Å². The van der Waals surface area contributed by atoms with Gasteiger partial charge in [0, 0.05) is 60.4 Å². The number of carbonyl (C=O) groups is 3. The first-order valence-corrected chi connectivity index (χ1v) is 26.2. The van der Waals surface area contributed by atoms with Crippen molar-refractivity contribution in [2.75, 3.05) is 49.1 Å². The Kier molecular flexibility index (Phi) is 22.1. The van der Waals surface area contributed by atoms with Crippen molar-refractivity contribution in [1.82, 2.24) is 9.80 Å². The molecule has 3 aliphatic heterocycles. The predicted octanol–water partition coefficient (Wildman–Crippen LogP) is 7.93. The van der Waals surface area contributed by atoms with Crippen molar-refractivity contribution in [1.29, 1.82) is 0 Å². The molecule has 3 heterocycles. The highest BCUT2D eigenvalue weighted by molar-refractivity contribution is 5.73. The van der Waals surface area contributed by atoms with E-state index < -0.39 is 114 Å². The number of hydrogen-bond acceptors (Lipinski definition) is 17. The third kappa shape index (κ3) is 14.7. The Hall–Kier alpha value is -3.95. The maximum Gasteiger partial charge on any atom is 0.509 e. The van der Waals surface area contributed by atoms with E-state index in [4.69, 9.17) is 56.8 Å². The summed E-state index contributed by atoms with van der Waals surface area (Å²) in [5.74, 6) is -2.52. The Morgan fingerprint density at radius 1 is 0.770 bits per heavy atom.